The standard InChI is InChI=1S/C12H19NO3/c1-9(14)13-12(2,11(15)16)8-10-6-4-3-5-7-10/h6H,3-5,7-8H2,1-2H3,(H,13,14)(H,15,16). The molecule has 90 valence electrons. The average Bonchev–Trinajstić information content (AvgIpc) is 2.17. The first-order valence-electron chi connectivity index (χ1n) is 5.64. The molecule has 0 aromatic carbocycles. The fourth-order valence-corrected chi connectivity index (χ4v) is 2.08. The van der Waals surface area contributed by atoms with Crippen LogP contribution in [0.3, 0.4) is 0 Å². The van der Waals surface area contributed by atoms with Gasteiger partial charge in [0.05, 0.1) is 0 Å². The van der Waals surface area contributed by atoms with Gasteiger partial charge in [0, 0.05) is 13.3 Å². The Labute approximate surface area is 95.7 Å². The molecule has 4 nitrogen and oxygen atoms in total. The number of nitrogens with one attached hydrogen (secondary N) is 1. The van der Waals surface area contributed by atoms with Crippen molar-refractivity contribution in [3.63, 3.8) is 0 Å². The van der Waals surface area contributed by atoms with E-state index in [1.54, 1.807) is 6.92 Å². The fourth-order valence-electron chi connectivity index (χ4n) is 2.08. The highest BCUT2D eigenvalue weighted by Gasteiger charge is 2.34. The first kappa shape index (κ1) is 12.7. The van der Waals surface area contributed by atoms with Crippen molar-refractivity contribution >= 4 is 11.9 Å². The topological polar surface area (TPSA) is 66.4 Å². The van der Waals surface area contributed by atoms with Crippen LogP contribution in [0.15, 0.2) is 11.6 Å². The first-order chi connectivity index (χ1) is 7.44. The van der Waals surface area contributed by atoms with E-state index in [0.29, 0.717) is 6.42 Å². The van der Waals surface area contributed by atoms with E-state index in [-0.39, 0.29) is 5.91 Å². The van der Waals surface area contributed by atoms with Crippen LogP contribution in [0.4, 0.5) is 0 Å². The van der Waals surface area contributed by atoms with Crippen LogP contribution in [0.2, 0.25) is 0 Å². The van der Waals surface area contributed by atoms with E-state index in [1.165, 1.54) is 13.3 Å². The van der Waals surface area contributed by atoms with Crippen molar-refractivity contribution in [3.05, 3.63) is 11.6 Å². The Kier molecular flexibility index (Phi) is 4.10. The SMILES string of the molecule is CC(=O)NC(C)(CC1=CCCCC1)C(=O)O. The molecule has 0 fully saturated rings. The molecule has 0 saturated carbocycles. The van der Waals surface area contributed by atoms with Gasteiger partial charge in [0.15, 0.2) is 0 Å². The van der Waals surface area contributed by atoms with Crippen molar-refractivity contribution in [3.8, 4) is 0 Å². The summed E-state index contributed by atoms with van der Waals surface area (Å²) in [6.45, 7) is 2.91. The van der Waals surface area contributed by atoms with Gasteiger partial charge in [-0.1, -0.05) is 11.6 Å². The molecule has 1 atom stereocenters. The second-order valence-electron chi connectivity index (χ2n) is 4.60. The molecule has 1 aliphatic rings. The third-order valence-corrected chi connectivity index (χ3v) is 2.89. The Balaban J connectivity index is 2.73. The Morgan fingerprint density at radius 2 is 2.19 bits per heavy atom. The summed E-state index contributed by atoms with van der Waals surface area (Å²) >= 11 is 0. The number of allylic oxidation sites excluding steroid dienone is 1. The molecule has 1 amide bonds. The van der Waals surface area contributed by atoms with Crippen molar-refractivity contribution < 1.29 is 14.7 Å². The summed E-state index contributed by atoms with van der Waals surface area (Å²) in [7, 11) is 0. The largest absolute Gasteiger partial charge is 0.480 e. The summed E-state index contributed by atoms with van der Waals surface area (Å²) in [6, 6.07) is 0. The second kappa shape index (κ2) is 5.14. The van der Waals surface area contributed by atoms with Crippen molar-refractivity contribution in [2.75, 3.05) is 0 Å². The predicted octanol–water partition coefficient (Wildman–Crippen LogP) is 1.86. The van der Waals surface area contributed by atoms with Gasteiger partial charge in [-0.15, -0.1) is 0 Å². The van der Waals surface area contributed by atoms with Crippen LogP contribution in [0.25, 0.3) is 0 Å². The highest BCUT2D eigenvalue weighted by Crippen LogP contribution is 2.25. The Hall–Kier alpha value is -1.32. The molecule has 0 bridgehead atoms. The van der Waals surface area contributed by atoms with Gasteiger partial charge < -0.3 is 10.4 Å². The minimum absolute atomic E-state index is 0.304. The van der Waals surface area contributed by atoms with Crippen molar-refractivity contribution in [1.82, 2.24) is 5.32 Å². The zero-order valence-electron chi connectivity index (χ0n) is 9.88. The van der Waals surface area contributed by atoms with Crippen LogP contribution in [0.5, 0.6) is 0 Å². The molecule has 0 aromatic heterocycles. The third-order valence-electron chi connectivity index (χ3n) is 2.89. The molecule has 1 aliphatic carbocycles. The summed E-state index contributed by atoms with van der Waals surface area (Å²) in [5.41, 5.74) is -0.0282. The zero-order valence-corrected chi connectivity index (χ0v) is 9.88. The number of hydrogen-bond donors (Lipinski definition) is 2. The van der Waals surface area contributed by atoms with Gasteiger partial charge in [0.1, 0.15) is 5.54 Å². The minimum Gasteiger partial charge on any atom is -0.480 e. The molecule has 0 spiro atoms. The van der Waals surface area contributed by atoms with E-state index in [9.17, 15) is 14.7 Å². The summed E-state index contributed by atoms with van der Waals surface area (Å²) in [6.07, 6.45) is 6.76. The Morgan fingerprint density at radius 1 is 1.50 bits per heavy atom. The van der Waals surface area contributed by atoms with Crippen LogP contribution in [-0.2, 0) is 9.59 Å². The number of amides is 1. The molecule has 0 aliphatic heterocycles. The summed E-state index contributed by atoms with van der Waals surface area (Å²) in [5.74, 6) is -1.28. The number of carbonyl (C=O) groups is 2. The minimum atomic E-state index is -1.17. The first-order valence-corrected chi connectivity index (χ1v) is 5.64. The molecule has 0 saturated heterocycles. The van der Waals surface area contributed by atoms with Gasteiger partial charge in [-0.25, -0.2) is 4.79 Å². The molecular weight excluding hydrogens is 206 g/mol. The summed E-state index contributed by atoms with van der Waals surface area (Å²) in [5, 5.41) is 11.7. The van der Waals surface area contributed by atoms with E-state index >= 15 is 0 Å². The molecule has 0 aromatic rings. The van der Waals surface area contributed by atoms with E-state index in [1.807, 2.05) is 0 Å². The van der Waals surface area contributed by atoms with Gasteiger partial charge in [0.25, 0.3) is 0 Å². The zero-order chi connectivity index (χ0) is 12.2. The van der Waals surface area contributed by atoms with Gasteiger partial charge in [0.2, 0.25) is 5.91 Å². The molecule has 1 unspecified atom stereocenters. The average molecular weight is 225 g/mol. The second-order valence-corrected chi connectivity index (χ2v) is 4.60. The van der Waals surface area contributed by atoms with Gasteiger partial charge in [-0.2, -0.15) is 0 Å². The van der Waals surface area contributed by atoms with Crippen molar-refractivity contribution in [1.29, 1.82) is 0 Å². The lowest BCUT2D eigenvalue weighted by atomic mass is 9.87. The number of aliphatic carboxylic acids is 1. The van der Waals surface area contributed by atoms with Gasteiger partial charge >= 0.3 is 5.97 Å². The highest BCUT2D eigenvalue weighted by molar-refractivity contribution is 5.85. The predicted molar refractivity (Wildman–Crippen MR) is 61.0 cm³/mol. The smallest absolute Gasteiger partial charge is 0.329 e. The molecule has 1 rings (SSSR count). The van der Waals surface area contributed by atoms with Crippen LogP contribution < -0.4 is 5.32 Å². The normalized spacial score (nSPS) is 19.5. The quantitative estimate of drug-likeness (QED) is 0.718. The maximum Gasteiger partial charge on any atom is 0.329 e. The number of carboxylic acid groups (broad SMARTS) is 1. The number of carbonyl (C=O) groups excluding carboxylic acids is 1. The van der Waals surface area contributed by atoms with Crippen LogP contribution in [0.1, 0.15) is 46.0 Å². The van der Waals surface area contributed by atoms with Crippen LogP contribution >= 0.6 is 0 Å². The van der Waals surface area contributed by atoms with Crippen molar-refractivity contribution in [2.24, 2.45) is 0 Å². The molecule has 0 radical (unpaired) electrons. The fraction of sp³-hybridized carbons (Fsp3) is 0.667. The maximum atomic E-state index is 11.2. The third kappa shape index (κ3) is 3.36. The molecular formula is C12H19NO3. The van der Waals surface area contributed by atoms with Gasteiger partial charge in [-0.3, -0.25) is 4.79 Å². The van der Waals surface area contributed by atoms with Crippen LogP contribution in [0, 0.1) is 0 Å². The van der Waals surface area contributed by atoms with Gasteiger partial charge in [-0.05, 0) is 32.6 Å². The number of hydrogen-bond acceptors (Lipinski definition) is 2. The monoisotopic (exact) mass is 225 g/mol. The summed E-state index contributed by atoms with van der Waals surface area (Å²) in [4.78, 5) is 22.2. The number of carboxylic acids is 1. The summed E-state index contributed by atoms with van der Waals surface area (Å²) < 4.78 is 0. The number of rotatable bonds is 4. The van der Waals surface area contributed by atoms with E-state index in [2.05, 4.69) is 11.4 Å². The molecule has 16 heavy (non-hydrogen) atoms. The molecule has 0 heterocycles. The highest BCUT2D eigenvalue weighted by atomic mass is 16.4. The molecule has 4 heteroatoms. The van der Waals surface area contributed by atoms with E-state index in [4.69, 9.17) is 0 Å². The lowest BCUT2D eigenvalue weighted by Gasteiger charge is -2.28. The van der Waals surface area contributed by atoms with Crippen LogP contribution in [-0.4, -0.2) is 22.5 Å². The van der Waals surface area contributed by atoms with Crippen molar-refractivity contribution in [2.45, 2.75) is 51.5 Å². The Bertz CT molecular complexity index is 322. The maximum absolute atomic E-state index is 11.2. The molecule has 2 N–H and O–H groups in total. The van der Waals surface area contributed by atoms with E-state index < -0.39 is 11.5 Å². The lowest BCUT2D eigenvalue weighted by molar-refractivity contribution is -0.146. The Morgan fingerprint density at radius 3 is 2.62 bits per heavy atom. The lowest BCUT2D eigenvalue weighted by Crippen LogP contribution is -2.51. The van der Waals surface area contributed by atoms with E-state index in [0.717, 1.165) is 24.8 Å².